The highest BCUT2D eigenvalue weighted by Gasteiger charge is 2.05. The molecule has 0 aliphatic heterocycles. The molecule has 1 heterocycles. The monoisotopic (exact) mass is 381 g/mol. The third kappa shape index (κ3) is 6.24. The van der Waals surface area contributed by atoms with Gasteiger partial charge in [0.2, 0.25) is 5.91 Å². The summed E-state index contributed by atoms with van der Waals surface area (Å²) >= 11 is 1.68. The summed E-state index contributed by atoms with van der Waals surface area (Å²) in [5.41, 5.74) is 2.92. The topological polar surface area (TPSA) is 47.6 Å². The van der Waals surface area contributed by atoms with E-state index in [1.54, 1.807) is 18.4 Å². The number of anilines is 1. The average molecular weight is 381 g/mol. The fourth-order valence-electron chi connectivity index (χ4n) is 2.66. The molecule has 3 rings (SSSR count). The molecule has 4 nitrogen and oxygen atoms in total. The Morgan fingerprint density at radius 1 is 1.00 bits per heavy atom. The average Bonchev–Trinajstić information content (AvgIpc) is 3.21. The maximum Gasteiger partial charge on any atom is 0.224 e. The van der Waals surface area contributed by atoms with Crippen molar-refractivity contribution in [1.29, 1.82) is 0 Å². The lowest BCUT2D eigenvalue weighted by atomic mass is 10.2. The Morgan fingerprint density at radius 2 is 1.81 bits per heavy atom. The Balaban J connectivity index is 1.45. The molecular formula is C22H23NO3S. The van der Waals surface area contributed by atoms with Crippen molar-refractivity contribution in [2.24, 2.45) is 0 Å². The Labute approximate surface area is 163 Å². The third-order valence-electron chi connectivity index (χ3n) is 4.09. The van der Waals surface area contributed by atoms with Crippen molar-refractivity contribution < 1.29 is 14.3 Å². The van der Waals surface area contributed by atoms with Crippen LogP contribution in [0.1, 0.15) is 22.4 Å². The highest BCUT2D eigenvalue weighted by molar-refractivity contribution is 7.09. The standard InChI is InChI=1S/C22H23NO3S/c1-25-20-9-7-17(8-10-20)15-26-16-18-4-2-5-19(14-18)23-22(24)12-11-21-6-3-13-27-21/h2-10,13-14H,11-12,15-16H2,1H3,(H,23,24). The van der Waals surface area contributed by atoms with Gasteiger partial charge in [0.05, 0.1) is 20.3 Å². The van der Waals surface area contributed by atoms with Gasteiger partial charge in [-0.05, 0) is 53.3 Å². The summed E-state index contributed by atoms with van der Waals surface area (Å²) in [7, 11) is 1.65. The Hall–Kier alpha value is -2.63. The van der Waals surface area contributed by atoms with Crippen LogP contribution in [0.25, 0.3) is 0 Å². The first-order valence-corrected chi connectivity index (χ1v) is 9.73. The molecule has 1 aromatic heterocycles. The second-order valence-electron chi connectivity index (χ2n) is 6.17. The molecule has 0 radical (unpaired) electrons. The highest BCUT2D eigenvalue weighted by atomic mass is 32.1. The number of hydrogen-bond donors (Lipinski definition) is 1. The van der Waals surface area contributed by atoms with Crippen molar-refractivity contribution in [1.82, 2.24) is 0 Å². The molecule has 0 aliphatic rings. The number of carbonyl (C=O) groups excluding carboxylic acids is 1. The summed E-state index contributed by atoms with van der Waals surface area (Å²) in [6, 6.07) is 19.7. The van der Waals surface area contributed by atoms with Gasteiger partial charge in [-0.3, -0.25) is 4.79 Å². The molecule has 1 N–H and O–H groups in total. The molecule has 5 heteroatoms. The number of nitrogens with one attached hydrogen (secondary N) is 1. The van der Waals surface area contributed by atoms with E-state index >= 15 is 0 Å². The molecule has 0 atom stereocenters. The summed E-state index contributed by atoms with van der Waals surface area (Å²) < 4.78 is 10.9. The van der Waals surface area contributed by atoms with Gasteiger partial charge in [0.1, 0.15) is 5.75 Å². The molecule has 0 fully saturated rings. The van der Waals surface area contributed by atoms with E-state index < -0.39 is 0 Å². The van der Waals surface area contributed by atoms with E-state index in [2.05, 4.69) is 11.4 Å². The summed E-state index contributed by atoms with van der Waals surface area (Å²) in [6.07, 6.45) is 1.26. The van der Waals surface area contributed by atoms with Crippen LogP contribution in [0.3, 0.4) is 0 Å². The van der Waals surface area contributed by atoms with Crippen molar-refractivity contribution in [3.8, 4) is 5.75 Å². The van der Waals surface area contributed by atoms with Crippen molar-refractivity contribution in [2.75, 3.05) is 12.4 Å². The van der Waals surface area contributed by atoms with Crippen LogP contribution < -0.4 is 10.1 Å². The van der Waals surface area contributed by atoms with Crippen molar-refractivity contribution in [3.63, 3.8) is 0 Å². The number of ether oxygens (including phenoxy) is 2. The summed E-state index contributed by atoms with van der Waals surface area (Å²) in [6.45, 7) is 1.02. The third-order valence-corrected chi connectivity index (χ3v) is 5.02. The molecule has 0 spiro atoms. The maximum absolute atomic E-state index is 12.1. The molecule has 0 saturated carbocycles. The zero-order valence-electron chi connectivity index (χ0n) is 15.3. The SMILES string of the molecule is COc1ccc(COCc2cccc(NC(=O)CCc3cccs3)c2)cc1. The molecule has 0 saturated heterocycles. The second kappa shape index (κ2) is 9.90. The number of rotatable bonds is 9. The maximum atomic E-state index is 12.1. The van der Waals surface area contributed by atoms with Crippen LogP contribution in [0.15, 0.2) is 66.0 Å². The van der Waals surface area contributed by atoms with Gasteiger partial charge in [-0.15, -0.1) is 11.3 Å². The van der Waals surface area contributed by atoms with Gasteiger partial charge < -0.3 is 14.8 Å². The predicted molar refractivity (Wildman–Crippen MR) is 109 cm³/mol. The van der Waals surface area contributed by atoms with Crippen LogP contribution in [0, 0.1) is 0 Å². The molecule has 27 heavy (non-hydrogen) atoms. The molecule has 2 aromatic carbocycles. The fraction of sp³-hybridized carbons (Fsp3) is 0.227. The van der Waals surface area contributed by atoms with Gasteiger partial charge in [0.25, 0.3) is 0 Å². The van der Waals surface area contributed by atoms with E-state index in [-0.39, 0.29) is 5.91 Å². The van der Waals surface area contributed by atoms with Crippen LogP contribution in [0.2, 0.25) is 0 Å². The number of benzene rings is 2. The van der Waals surface area contributed by atoms with Gasteiger partial charge in [-0.1, -0.05) is 30.3 Å². The molecule has 140 valence electrons. The van der Waals surface area contributed by atoms with Crippen molar-refractivity contribution in [2.45, 2.75) is 26.1 Å². The smallest absolute Gasteiger partial charge is 0.224 e. The van der Waals surface area contributed by atoms with Gasteiger partial charge >= 0.3 is 0 Å². The molecule has 0 unspecified atom stereocenters. The first-order chi connectivity index (χ1) is 13.2. The van der Waals surface area contributed by atoms with E-state index in [1.807, 2.05) is 60.0 Å². The zero-order chi connectivity index (χ0) is 18.9. The first kappa shape index (κ1) is 19.1. The summed E-state index contributed by atoms with van der Waals surface area (Å²) in [4.78, 5) is 13.3. The van der Waals surface area contributed by atoms with Gasteiger partial charge in [-0.25, -0.2) is 0 Å². The van der Waals surface area contributed by atoms with E-state index in [9.17, 15) is 4.79 Å². The van der Waals surface area contributed by atoms with Crippen LogP contribution in [-0.2, 0) is 29.2 Å². The minimum Gasteiger partial charge on any atom is -0.497 e. The van der Waals surface area contributed by atoms with Crippen LogP contribution in [0.5, 0.6) is 5.75 Å². The number of hydrogen-bond acceptors (Lipinski definition) is 4. The minimum atomic E-state index is 0.0275. The quantitative estimate of drug-likeness (QED) is 0.564. The predicted octanol–water partition coefficient (Wildman–Crippen LogP) is 5.04. The number of methoxy groups -OCH3 is 1. The lowest BCUT2D eigenvalue weighted by molar-refractivity contribution is -0.116. The van der Waals surface area contributed by atoms with Gasteiger partial charge in [0, 0.05) is 17.0 Å². The van der Waals surface area contributed by atoms with Gasteiger partial charge in [-0.2, -0.15) is 0 Å². The van der Waals surface area contributed by atoms with Crippen molar-refractivity contribution >= 4 is 22.9 Å². The van der Waals surface area contributed by atoms with Crippen LogP contribution in [0.4, 0.5) is 5.69 Å². The van der Waals surface area contributed by atoms with E-state index in [0.29, 0.717) is 19.6 Å². The van der Waals surface area contributed by atoms with Crippen LogP contribution >= 0.6 is 11.3 Å². The van der Waals surface area contributed by atoms with Crippen molar-refractivity contribution in [3.05, 3.63) is 82.0 Å². The Morgan fingerprint density at radius 3 is 2.56 bits per heavy atom. The van der Waals surface area contributed by atoms with Crippen LogP contribution in [-0.4, -0.2) is 13.0 Å². The Kier molecular flexibility index (Phi) is 7.02. The second-order valence-corrected chi connectivity index (χ2v) is 7.20. The highest BCUT2D eigenvalue weighted by Crippen LogP contribution is 2.16. The number of carbonyl (C=O) groups is 1. The number of amides is 1. The zero-order valence-corrected chi connectivity index (χ0v) is 16.1. The lowest BCUT2D eigenvalue weighted by Gasteiger charge is -2.09. The fourth-order valence-corrected chi connectivity index (χ4v) is 3.37. The number of thiophene rings is 1. The molecular weight excluding hydrogens is 358 g/mol. The Bertz CT molecular complexity index is 844. The van der Waals surface area contributed by atoms with E-state index in [1.165, 1.54) is 4.88 Å². The molecule has 1 amide bonds. The summed E-state index contributed by atoms with van der Waals surface area (Å²) in [5.74, 6) is 0.862. The normalized spacial score (nSPS) is 10.6. The lowest BCUT2D eigenvalue weighted by Crippen LogP contribution is -2.12. The molecule has 0 bridgehead atoms. The summed E-state index contributed by atoms with van der Waals surface area (Å²) in [5, 5.41) is 4.99. The molecule has 3 aromatic rings. The first-order valence-electron chi connectivity index (χ1n) is 8.85. The van der Waals surface area contributed by atoms with E-state index in [0.717, 1.165) is 29.0 Å². The van der Waals surface area contributed by atoms with Gasteiger partial charge in [0.15, 0.2) is 0 Å². The largest absolute Gasteiger partial charge is 0.497 e. The van der Waals surface area contributed by atoms with E-state index in [4.69, 9.17) is 9.47 Å². The number of aryl methyl sites for hydroxylation is 1. The minimum absolute atomic E-state index is 0.0275. The molecule has 0 aliphatic carbocycles.